The van der Waals surface area contributed by atoms with Gasteiger partial charge in [-0.25, -0.2) is 0 Å². The first kappa shape index (κ1) is 16.8. The maximum Gasteiger partial charge on any atom is 0.0498 e. The maximum absolute atomic E-state index is 6.27. The Morgan fingerprint density at radius 1 is 1.14 bits per heavy atom. The van der Waals surface area contributed by atoms with E-state index in [1.165, 1.54) is 12.1 Å². The Hall–Kier alpha value is -0.610. The Kier molecular flexibility index (Phi) is 6.06. The molecule has 3 nitrogen and oxygen atoms in total. The number of piperazine rings is 1. The number of halogens is 1. The van der Waals surface area contributed by atoms with Crippen LogP contribution >= 0.6 is 11.6 Å². The molecule has 21 heavy (non-hydrogen) atoms. The molecule has 4 heteroatoms. The van der Waals surface area contributed by atoms with Gasteiger partial charge in [0.05, 0.1) is 0 Å². The highest BCUT2D eigenvalue weighted by Crippen LogP contribution is 2.27. The van der Waals surface area contributed by atoms with Crippen molar-refractivity contribution in [1.29, 1.82) is 0 Å². The van der Waals surface area contributed by atoms with Crippen LogP contribution in [0.5, 0.6) is 0 Å². The SMILES string of the molecule is CC(C)CN1CCN(C(c2cccc(Cl)c2)C(C)N)CC1. The smallest absolute Gasteiger partial charge is 0.0498 e. The summed E-state index contributed by atoms with van der Waals surface area (Å²) >= 11 is 6.15. The second kappa shape index (κ2) is 7.59. The van der Waals surface area contributed by atoms with Crippen molar-refractivity contribution in [1.82, 2.24) is 9.80 Å². The second-order valence-corrected chi connectivity index (χ2v) is 7.03. The average Bonchev–Trinajstić information content (AvgIpc) is 2.40. The van der Waals surface area contributed by atoms with Crippen LogP contribution in [-0.4, -0.2) is 48.6 Å². The molecule has 1 heterocycles. The van der Waals surface area contributed by atoms with Crippen LogP contribution in [0.2, 0.25) is 5.02 Å². The van der Waals surface area contributed by atoms with Crippen molar-refractivity contribution in [2.75, 3.05) is 32.7 Å². The fraction of sp³-hybridized carbons (Fsp3) is 0.647. The molecule has 2 atom stereocenters. The monoisotopic (exact) mass is 309 g/mol. The molecule has 1 aliphatic rings. The van der Waals surface area contributed by atoms with Gasteiger partial charge >= 0.3 is 0 Å². The highest BCUT2D eigenvalue weighted by atomic mass is 35.5. The van der Waals surface area contributed by atoms with Crippen LogP contribution in [0.4, 0.5) is 0 Å². The molecule has 2 unspecified atom stereocenters. The molecule has 1 fully saturated rings. The van der Waals surface area contributed by atoms with E-state index in [4.69, 9.17) is 17.3 Å². The number of benzene rings is 1. The van der Waals surface area contributed by atoms with Gasteiger partial charge in [0.2, 0.25) is 0 Å². The van der Waals surface area contributed by atoms with Crippen LogP contribution in [0.3, 0.4) is 0 Å². The van der Waals surface area contributed by atoms with Gasteiger partial charge in [0.1, 0.15) is 0 Å². The zero-order valence-corrected chi connectivity index (χ0v) is 14.2. The molecule has 1 saturated heterocycles. The summed E-state index contributed by atoms with van der Waals surface area (Å²) in [5, 5.41) is 0.789. The third kappa shape index (κ3) is 4.68. The lowest BCUT2D eigenvalue weighted by atomic mass is 9.98. The molecule has 0 saturated carbocycles. The van der Waals surface area contributed by atoms with Crippen molar-refractivity contribution in [2.24, 2.45) is 11.7 Å². The van der Waals surface area contributed by atoms with Crippen LogP contribution in [0.1, 0.15) is 32.4 Å². The zero-order valence-electron chi connectivity index (χ0n) is 13.4. The van der Waals surface area contributed by atoms with Gasteiger partial charge in [-0.05, 0) is 30.5 Å². The third-order valence-electron chi connectivity index (χ3n) is 4.11. The lowest BCUT2D eigenvalue weighted by Gasteiger charge is -2.41. The number of nitrogens with two attached hydrogens (primary N) is 1. The summed E-state index contributed by atoms with van der Waals surface area (Å²) in [5.74, 6) is 0.730. The highest BCUT2D eigenvalue weighted by molar-refractivity contribution is 6.30. The van der Waals surface area contributed by atoms with E-state index in [1.807, 2.05) is 12.1 Å². The van der Waals surface area contributed by atoms with Gasteiger partial charge in [-0.3, -0.25) is 4.90 Å². The number of rotatable bonds is 5. The summed E-state index contributed by atoms with van der Waals surface area (Å²) in [6.07, 6.45) is 0. The molecule has 0 aliphatic carbocycles. The van der Waals surface area contributed by atoms with Crippen molar-refractivity contribution in [3.63, 3.8) is 0 Å². The molecule has 0 amide bonds. The van der Waals surface area contributed by atoms with Crippen LogP contribution in [-0.2, 0) is 0 Å². The van der Waals surface area contributed by atoms with Gasteiger partial charge in [-0.1, -0.05) is 37.6 Å². The summed E-state index contributed by atoms with van der Waals surface area (Å²) in [5.41, 5.74) is 7.50. The van der Waals surface area contributed by atoms with E-state index >= 15 is 0 Å². The van der Waals surface area contributed by atoms with Gasteiger partial charge in [-0.15, -0.1) is 0 Å². The Morgan fingerprint density at radius 2 is 1.81 bits per heavy atom. The third-order valence-corrected chi connectivity index (χ3v) is 4.35. The summed E-state index contributed by atoms with van der Waals surface area (Å²) in [4.78, 5) is 5.06. The lowest BCUT2D eigenvalue weighted by Crippen LogP contribution is -2.51. The van der Waals surface area contributed by atoms with Crippen LogP contribution in [0.15, 0.2) is 24.3 Å². The molecule has 1 aliphatic heterocycles. The highest BCUT2D eigenvalue weighted by Gasteiger charge is 2.27. The predicted octanol–water partition coefficient (Wildman–Crippen LogP) is 3.00. The molecule has 2 N–H and O–H groups in total. The van der Waals surface area contributed by atoms with Crippen molar-refractivity contribution < 1.29 is 0 Å². The fourth-order valence-electron chi connectivity index (χ4n) is 3.28. The first-order chi connectivity index (χ1) is 9.97. The van der Waals surface area contributed by atoms with E-state index in [0.29, 0.717) is 0 Å². The van der Waals surface area contributed by atoms with Crippen molar-refractivity contribution in [3.8, 4) is 0 Å². The van der Waals surface area contributed by atoms with Crippen LogP contribution in [0.25, 0.3) is 0 Å². The minimum atomic E-state index is 0.0973. The topological polar surface area (TPSA) is 32.5 Å². The molecule has 0 radical (unpaired) electrons. The van der Waals surface area contributed by atoms with Gasteiger partial charge in [0, 0.05) is 49.8 Å². The largest absolute Gasteiger partial charge is 0.326 e. The fourth-order valence-corrected chi connectivity index (χ4v) is 3.48. The van der Waals surface area contributed by atoms with E-state index in [9.17, 15) is 0 Å². The minimum Gasteiger partial charge on any atom is -0.326 e. The van der Waals surface area contributed by atoms with E-state index in [2.05, 4.69) is 42.7 Å². The Bertz CT molecular complexity index is 439. The standard InChI is InChI=1S/C17H28ClN3/c1-13(2)12-20-7-9-21(10-8-20)17(14(3)19)15-5-4-6-16(18)11-15/h4-6,11,13-14,17H,7-10,12,19H2,1-3H3. The van der Waals surface area contributed by atoms with Gasteiger partial charge in [0.25, 0.3) is 0 Å². The normalized spacial score (nSPS) is 20.7. The lowest BCUT2D eigenvalue weighted by molar-refractivity contribution is 0.0805. The maximum atomic E-state index is 6.27. The molecule has 0 aromatic heterocycles. The molecule has 0 spiro atoms. The number of nitrogens with zero attached hydrogens (tertiary/aromatic N) is 2. The number of hydrogen-bond acceptors (Lipinski definition) is 3. The van der Waals surface area contributed by atoms with Crippen molar-refractivity contribution >= 4 is 11.6 Å². The van der Waals surface area contributed by atoms with Crippen LogP contribution < -0.4 is 5.73 Å². The molecule has 118 valence electrons. The average molecular weight is 310 g/mol. The first-order valence-electron chi connectivity index (χ1n) is 7.95. The molecular formula is C17H28ClN3. The summed E-state index contributed by atoms with van der Waals surface area (Å²) in [7, 11) is 0. The second-order valence-electron chi connectivity index (χ2n) is 6.59. The van der Waals surface area contributed by atoms with E-state index in [0.717, 1.165) is 37.1 Å². The van der Waals surface area contributed by atoms with E-state index < -0.39 is 0 Å². The molecular weight excluding hydrogens is 282 g/mol. The Labute approximate surface area is 134 Å². The van der Waals surface area contributed by atoms with Gasteiger partial charge in [0.15, 0.2) is 0 Å². The van der Waals surface area contributed by atoms with E-state index in [1.54, 1.807) is 0 Å². The molecule has 1 aromatic carbocycles. The molecule has 0 bridgehead atoms. The van der Waals surface area contributed by atoms with Crippen LogP contribution in [0, 0.1) is 5.92 Å². The Balaban J connectivity index is 2.04. The summed E-state index contributed by atoms with van der Waals surface area (Å²) in [6.45, 7) is 12.2. The predicted molar refractivity (Wildman–Crippen MR) is 90.7 cm³/mol. The zero-order chi connectivity index (χ0) is 15.4. The first-order valence-corrected chi connectivity index (χ1v) is 8.32. The van der Waals surface area contributed by atoms with Gasteiger partial charge < -0.3 is 10.6 Å². The van der Waals surface area contributed by atoms with Gasteiger partial charge in [-0.2, -0.15) is 0 Å². The summed E-state index contributed by atoms with van der Waals surface area (Å²) in [6, 6.07) is 8.48. The van der Waals surface area contributed by atoms with Crippen molar-refractivity contribution in [2.45, 2.75) is 32.9 Å². The quantitative estimate of drug-likeness (QED) is 0.907. The van der Waals surface area contributed by atoms with E-state index in [-0.39, 0.29) is 12.1 Å². The number of hydrogen-bond donors (Lipinski definition) is 1. The summed E-state index contributed by atoms with van der Waals surface area (Å²) < 4.78 is 0. The minimum absolute atomic E-state index is 0.0973. The molecule has 1 aromatic rings. The Morgan fingerprint density at radius 3 is 2.33 bits per heavy atom. The van der Waals surface area contributed by atoms with Crippen molar-refractivity contribution in [3.05, 3.63) is 34.9 Å². The molecule has 2 rings (SSSR count).